The van der Waals surface area contributed by atoms with Gasteiger partial charge in [0.2, 0.25) is 5.69 Å². The number of hydrogen-bond donors (Lipinski definition) is 1. The zero-order valence-corrected chi connectivity index (χ0v) is 17.7. The van der Waals surface area contributed by atoms with Crippen molar-refractivity contribution in [3.63, 3.8) is 0 Å². The van der Waals surface area contributed by atoms with Crippen LogP contribution in [0.4, 0.5) is 0 Å². The van der Waals surface area contributed by atoms with Crippen molar-refractivity contribution in [1.29, 1.82) is 0 Å². The van der Waals surface area contributed by atoms with E-state index in [-0.39, 0.29) is 18.3 Å². The van der Waals surface area contributed by atoms with Gasteiger partial charge in [0.05, 0.1) is 12.2 Å². The summed E-state index contributed by atoms with van der Waals surface area (Å²) in [6.45, 7) is 7.66. The van der Waals surface area contributed by atoms with Crippen molar-refractivity contribution in [2.24, 2.45) is 0 Å². The van der Waals surface area contributed by atoms with Gasteiger partial charge in [0.25, 0.3) is 11.5 Å². The van der Waals surface area contributed by atoms with Crippen LogP contribution < -0.4 is 16.6 Å². The number of rotatable bonds is 6. The molecule has 0 bridgehead atoms. The third-order valence-corrected chi connectivity index (χ3v) is 4.90. The predicted molar refractivity (Wildman–Crippen MR) is 116 cm³/mol. The largest absolute Gasteiger partial charge is 0.352 e. The van der Waals surface area contributed by atoms with E-state index in [0.29, 0.717) is 12.1 Å². The van der Waals surface area contributed by atoms with E-state index in [1.165, 1.54) is 0 Å². The molecule has 0 saturated carbocycles. The summed E-state index contributed by atoms with van der Waals surface area (Å²) >= 11 is 0. The zero-order valence-electron chi connectivity index (χ0n) is 17.7. The molecule has 0 unspecified atom stereocenters. The van der Waals surface area contributed by atoms with E-state index in [2.05, 4.69) is 10.4 Å². The minimum absolute atomic E-state index is 0.0510. The van der Waals surface area contributed by atoms with Crippen molar-refractivity contribution in [3.05, 3.63) is 91.8 Å². The fourth-order valence-electron chi connectivity index (χ4n) is 3.20. The van der Waals surface area contributed by atoms with E-state index in [1.807, 2.05) is 64.1 Å². The lowest BCUT2D eigenvalue weighted by Gasteiger charge is -2.15. The van der Waals surface area contributed by atoms with E-state index < -0.39 is 17.2 Å². The molecule has 0 aliphatic carbocycles. The lowest BCUT2D eigenvalue weighted by molar-refractivity contribution is 0.0929. The summed E-state index contributed by atoms with van der Waals surface area (Å²) in [4.78, 5) is 39.0. The van der Waals surface area contributed by atoms with Gasteiger partial charge in [0.1, 0.15) is 0 Å². The summed E-state index contributed by atoms with van der Waals surface area (Å²) in [6, 6.07) is 14.6. The van der Waals surface area contributed by atoms with E-state index >= 15 is 0 Å². The molecule has 1 amide bonds. The quantitative estimate of drug-likeness (QED) is 0.682. The molecule has 0 saturated heterocycles. The average molecular weight is 406 g/mol. The molecule has 7 nitrogen and oxygen atoms in total. The molecular weight excluding hydrogens is 380 g/mol. The Labute approximate surface area is 175 Å². The number of nitrogens with zero attached hydrogens (tertiary/aromatic N) is 3. The monoisotopic (exact) mass is 406 g/mol. The molecule has 30 heavy (non-hydrogen) atoms. The molecular formula is C23H26N4O3. The summed E-state index contributed by atoms with van der Waals surface area (Å²) in [7, 11) is 0. The van der Waals surface area contributed by atoms with E-state index in [4.69, 9.17) is 0 Å². The highest BCUT2D eigenvalue weighted by molar-refractivity contribution is 5.91. The third kappa shape index (κ3) is 4.56. The molecule has 3 rings (SSSR count). The van der Waals surface area contributed by atoms with Gasteiger partial charge < -0.3 is 5.32 Å². The minimum atomic E-state index is -0.703. The molecule has 0 fully saturated rings. The summed E-state index contributed by atoms with van der Waals surface area (Å²) in [5.74, 6) is -0.589. The van der Waals surface area contributed by atoms with Crippen molar-refractivity contribution in [2.75, 3.05) is 0 Å². The van der Waals surface area contributed by atoms with E-state index in [1.54, 1.807) is 12.1 Å². The Morgan fingerprint density at radius 1 is 1.07 bits per heavy atom. The minimum Gasteiger partial charge on any atom is -0.348 e. The van der Waals surface area contributed by atoms with Crippen LogP contribution in [0.3, 0.4) is 0 Å². The van der Waals surface area contributed by atoms with Crippen LogP contribution in [0.1, 0.15) is 47.4 Å². The second kappa shape index (κ2) is 8.90. The van der Waals surface area contributed by atoms with Gasteiger partial charge in [-0.3, -0.25) is 14.2 Å². The van der Waals surface area contributed by atoms with Gasteiger partial charge in [-0.25, -0.2) is 4.79 Å². The maximum Gasteiger partial charge on any atom is 0.352 e. The van der Waals surface area contributed by atoms with Gasteiger partial charge in [-0.15, -0.1) is 0 Å². The number of nitrogens with one attached hydrogen (secondary N) is 1. The average Bonchev–Trinajstić information content (AvgIpc) is 2.71. The molecule has 0 spiro atoms. The molecule has 0 aliphatic heterocycles. The Morgan fingerprint density at radius 2 is 1.70 bits per heavy atom. The molecule has 1 aromatic heterocycles. The Hall–Kier alpha value is -3.48. The molecule has 1 atom stereocenters. The standard InChI is InChI=1S/C23H26N4O3/c1-5-17(4)24-21(28)20-22(29)26(14-18-9-7-6-8-10-18)23(30)27(25-20)19-12-15(2)11-16(3)13-19/h6-13,17H,5,14H2,1-4H3,(H,24,28)/t17-/m1/s1. The van der Waals surface area contributed by atoms with Crippen LogP contribution in [0.5, 0.6) is 0 Å². The summed E-state index contributed by atoms with van der Waals surface area (Å²) in [5.41, 5.74) is 1.60. The normalized spacial score (nSPS) is 11.9. The van der Waals surface area contributed by atoms with Gasteiger partial charge in [-0.05, 0) is 56.0 Å². The van der Waals surface area contributed by atoms with Gasteiger partial charge in [0.15, 0.2) is 0 Å². The Bertz CT molecular complexity index is 1160. The number of aromatic nitrogens is 3. The van der Waals surface area contributed by atoms with Crippen LogP contribution >= 0.6 is 0 Å². The van der Waals surface area contributed by atoms with Gasteiger partial charge in [-0.1, -0.05) is 43.3 Å². The van der Waals surface area contributed by atoms with Crippen molar-refractivity contribution in [1.82, 2.24) is 19.7 Å². The molecule has 156 valence electrons. The van der Waals surface area contributed by atoms with Crippen LogP contribution in [0.2, 0.25) is 0 Å². The maximum absolute atomic E-state index is 13.2. The molecule has 1 N–H and O–H groups in total. The number of hydrogen-bond acceptors (Lipinski definition) is 4. The van der Waals surface area contributed by atoms with Gasteiger partial charge in [-0.2, -0.15) is 9.78 Å². The van der Waals surface area contributed by atoms with Gasteiger partial charge in [0, 0.05) is 6.04 Å². The third-order valence-electron chi connectivity index (χ3n) is 4.90. The first-order valence-electron chi connectivity index (χ1n) is 9.97. The fraction of sp³-hybridized carbons (Fsp3) is 0.304. The molecule has 3 aromatic rings. The number of carbonyl (C=O) groups excluding carboxylic acids is 1. The van der Waals surface area contributed by atoms with Crippen molar-refractivity contribution in [2.45, 2.75) is 46.7 Å². The Balaban J connectivity index is 2.22. The maximum atomic E-state index is 13.2. The number of amides is 1. The molecule has 7 heteroatoms. The lowest BCUT2D eigenvalue weighted by Crippen LogP contribution is -2.47. The number of carbonyl (C=O) groups is 1. The van der Waals surface area contributed by atoms with E-state index in [9.17, 15) is 14.4 Å². The van der Waals surface area contributed by atoms with Crippen molar-refractivity contribution < 1.29 is 4.79 Å². The van der Waals surface area contributed by atoms with Crippen molar-refractivity contribution >= 4 is 5.91 Å². The highest BCUT2D eigenvalue weighted by Gasteiger charge is 2.21. The predicted octanol–water partition coefficient (Wildman–Crippen LogP) is 2.59. The summed E-state index contributed by atoms with van der Waals surface area (Å²) in [5, 5.41) is 6.94. The van der Waals surface area contributed by atoms with Crippen LogP contribution in [0, 0.1) is 13.8 Å². The van der Waals surface area contributed by atoms with Crippen LogP contribution in [0.15, 0.2) is 58.1 Å². The topological polar surface area (TPSA) is 86.0 Å². The SMILES string of the molecule is CC[C@@H](C)NC(=O)c1nn(-c2cc(C)cc(C)c2)c(=O)n(Cc2ccccc2)c1=O. The Kier molecular flexibility index (Phi) is 6.30. The highest BCUT2D eigenvalue weighted by atomic mass is 16.2. The number of aryl methyl sites for hydroxylation is 2. The van der Waals surface area contributed by atoms with Crippen LogP contribution in [-0.4, -0.2) is 26.3 Å². The first-order chi connectivity index (χ1) is 14.3. The molecule has 2 aromatic carbocycles. The zero-order chi connectivity index (χ0) is 21.8. The number of benzene rings is 2. The van der Waals surface area contributed by atoms with Crippen LogP contribution in [-0.2, 0) is 6.54 Å². The smallest absolute Gasteiger partial charge is 0.348 e. The Morgan fingerprint density at radius 3 is 2.30 bits per heavy atom. The molecule has 0 aliphatic rings. The van der Waals surface area contributed by atoms with Crippen molar-refractivity contribution in [3.8, 4) is 5.69 Å². The second-order valence-electron chi connectivity index (χ2n) is 7.55. The lowest BCUT2D eigenvalue weighted by atomic mass is 10.1. The summed E-state index contributed by atoms with van der Waals surface area (Å²) < 4.78 is 2.20. The first-order valence-corrected chi connectivity index (χ1v) is 9.97. The summed E-state index contributed by atoms with van der Waals surface area (Å²) in [6.07, 6.45) is 0.709. The van der Waals surface area contributed by atoms with Gasteiger partial charge >= 0.3 is 5.69 Å². The fourth-order valence-corrected chi connectivity index (χ4v) is 3.20. The molecule has 0 radical (unpaired) electrons. The molecule has 1 heterocycles. The first kappa shape index (κ1) is 21.2. The second-order valence-corrected chi connectivity index (χ2v) is 7.55. The highest BCUT2D eigenvalue weighted by Crippen LogP contribution is 2.11. The van der Waals surface area contributed by atoms with Crippen LogP contribution in [0.25, 0.3) is 5.69 Å². The van der Waals surface area contributed by atoms with E-state index in [0.717, 1.165) is 25.9 Å².